The first-order valence-electron chi connectivity index (χ1n) is 20.9. The Labute approximate surface area is 347 Å². The number of aliphatic hydroxyl groups is 1. The number of rotatable bonds is 39. The number of hydrogen-bond donors (Lipinski definition) is 4. The van der Waals surface area contributed by atoms with Crippen LogP contribution in [-0.4, -0.2) is 76.1 Å². The Morgan fingerprint density at radius 2 is 1.05 bits per heavy atom. The molecule has 0 aromatic heterocycles. The number of carbonyl (C=O) groups excluding carboxylic acids is 3. The van der Waals surface area contributed by atoms with E-state index in [-0.39, 0.29) is 18.6 Å². The van der Waals surface area contributed by atoms with E-state index < -0.39 is 66.2 Å². The molecular formula is C42H72O14P2. The van der Waals surface area contributed by atoms with Crippen LogP contribution < -0.4 is 0 Å². The van der Waals surface area contributed by atoms with Crippen molar-refractivity contribution in [1.82, 2.24) is 0 Å². The molecule has 0 saturated carbocycles. The van der Waals surface area contributed by atoms with Gasteiger partial charge in [0.25, 0.3) is 0 Å². The van der Waals surface area contributed by atoms with Gasteiger partial charge in [-0.2, -0.15) is 0 Å². The third-order valence-electron chi connectivity index (χ3n) is 8.35. The summed E-state index contributed by atoms with van der Waals surface area (Å²) in [5.41, 5.74) is 0. The van der Waals surface area contributed by atoms with Crippen LogP contribution in [0.3, 0.4) is 0 Å². The first-order chi connectivity index (χ1) is 27.8. The molecule has 334 valence electrons. The molecule has 0 radical (unpaired) electrons. The van der Waals surface area contributed by atoms with Gasteiger partial charge in [0.1, 0.15) is 12.7 Å². The zero-order chi connectivity index (χ0) is 43.2. The van der Waals surface area contributed by atoms with Gasteiger partial charge >= 0.3 is 27.6 Å². The van der Waals surface area contributed by atoms with Crippen LogP contribution in [0.15, 0.2) is 60.8 Å². The summed E-state index contributed by atoms with van der Waals surface area (Å²) < 4.78 is 47.6. The predicted molar refractivity (Wildman–Crippen MR) is 226 cm³/mol. The number of phosphoric acid groups is 2. The number of ketones is 1. The quantitative estimate of drug-likeness (QED) is 0.0113. The summed E-state index contributed by atoms with van der Waals surface area (Å²) in [7, 11) is -9.73. The second-order valence-electron chi connectivity index (χ2n) is 13.9. The molecule has 4 N–H and O–H groups in total. The van der Waals surface area contributed by atoms with Crippen molar-refractivity contribution in [1.29, 1.82) is 0 Å². The zero-order valence-corrected chi connectivity index (χ0v) is 36.7. The van der Waals surface area contributed by atoms with Gasteiger partial charge in [-0.05, 0) is 76.7 Å². The number of hydrogen-bond acceptors (Lipinski definition) is 11. The fraction of sp³-hybridized carbons (Fsp3) is 0.690. The van der Waals surface area contributed by atoms with E-state index in [4.69, 9.17) is 23.8 Å². The van der Waals surface area contributed by atoms with Gasteiger partial charge in [0.2, 0.25) is 0 Å². The summed E-state index contributed by atoms with van der Waals surface area (Å²) in [4.78, 5) is 64.6. The van der Waals surface area contributed by atoms with Gasteiger partial charge < -0.3 is 29.3 Å². The molecule has 16 heteroatoms. The Morgan fingerprint density at radius 3 is 1.67 bits per heavy atom. The Hall–Kier alpha value is -2.51. The molecular weight excluding hydrogens is 790 g/mol. The van der Waals surface area contributed by atoms with Crippen LogP contribution in [0.2, 0.25) is 0 Å². The van der Waals surface area contributed by atoms with Crippen molar-refractivity contribution in [3.63, 3.8) is 0 Å². The van der Waals surface area contributed by atoms with E-state index in [1.54, 1.807) is 12.2 Å². The number of ether oxygens (including phenoxy) is 2. The fourth-order valence-electron chi connectivity index (χ4n) is 5.10. The Balaban J connectivity index is 4.70. The smallest absolute Gasteiger partial charge is 0.462 e. The molecule has 0 rings (SSSR count). The van der Waals surface area contributed by atoms with Gasteiger partial charge in [0, 0.05) is 19.3 Å². The second-order valence-corrected chi connectivity index (χ2v) is 16.6. The van der Waals surface area contributed by atoms with E-state index in [9.17, 15) is 33.5 Å². The minimum atomic E-state index is -4.88. The standard InChI is InChI=1S/C42H72O14P2/c1-3-5-7-9-11-12-13-14-15-16-17-18-20-24-28-32-41(45)52-36-40(37-55-58(50,51)54-35-39(44)34-53-57(47,48)49)56-42(46)33-29-25-21-23-27-31-38(43)30-26-22-19-10-8-6-4-2/h11-12,14-15,17-19,22,26,30,39-40,44H,3-10,13,16,20-21,23-25,27-29,31-37H2,1-2H3,(H,50,51)(H2,47,48,49)/b12-11-,15-14-,18-17-,22-19-,30-26+/t39-,40+/m0/s1. The van der Waals surface area contributed by atoms with E-state index in [1.807, 2.05) is 6.08 Å². The Kier molecular flexibility index (Phi) is 35.9. The Morgan fingerprint density at radius 1 is 0.552 bits per heavy atom. The van der Waals surface area contributed by atoms with Crippen LogP contribution in [-0.2, 0) is 46.6 Å². The van der Waals surface area contributed by atoms with Crippen molar-refractivity contribution < 1.29 is 66.3 Å². The lowest BCUT2D eigenvalue weighted by Crippen LogP contribution is -2.30. The number of phosphoric ester groups is 2. The third-order valence-corrected chi connectivity index (χ3v) is 9.78. The van der Waals surface area contributed by atoms with Gasteiger partial charge in [0.15, 0.2) is 11.9 Å². The average Bonchev–Trinajstić information content (AvgIpc) is 3.17. The molecule has 1 unspecified atom stereocenters. The second kappa shape index (κ2) is 37.5. The third kappa shape index (κ3) is 40.3. The predicted octanol–water partition coefficient (Wildman–Crippen LogP) is 9.63. The molecule has 0 heterocycles. The minimum absolute atomic E-state index is 0.0369. The molecule has 0 fully saturated rings. The largest absolute Gasteiger partial charge is 0.472 e. The van der Waals surface area contributed by atoms with E-state index in [0.717, 1.165) is 64.2 Å². The van der Waals surface area contributed by atoms with Crippen LogP contribution in [0.1, 0.15) is 149 Å². The normalized spacial score (nSPS) is 14.6. The monoisotopic (exact) mass is 862 g/mol. The highest BCUT2D eigenvalue weighted by molar-refractivity contribution is 7.47. The van der Waals surface area contributed by atoms with Gasteiger partial charge in [-0.1, -0.05) is 113 Å². The molecule has 0 aliphatic carbocycles. The van der Waals surface area contributed by atoms with E-state index in [1.165, 1.54) is 32.1 Å². The van der Waals surface area contributed by atoms with E-state index in [2.05, 4.69) is 65.4 Å². The number of carbonyl (C=O) groups is 3. The molecule has 0 aliphatic rings. The molecule has 3 atom stereocenters. The van der Waals surface area contributed by atoms with Crippen molar-refractivity contribution in [2.45, 2.75) is 161 Å². The highest BCUT2D eigenvalue weighted by atomic mass is 31.2. The highest BCUT2D eigenvalue weighted by Gasteiger charge is 2.28. The fourth-order valence-corrected chi connectivity index (χ4v) is 6.25. The molecule has 0 amide bonds. The van der Waals surface area contributed by atoms with Crippen molar-refractivity contribution in [3.05, 3.63) is 60.8 Å². The summed E-state index contributed by atoms with van der Waals surface area (Å²) in [5, 5.41) is 9.73. The van der Waals surface area contributed by atoms with Gasteiger partial charge in [-0.3, -0.25) is 28.0 Å². The van der Waals surface area contributed by atoms with Crippen molar-refractivity contribution in [3.8, 4) is 0 Å². The lowest BCUT2D eigenvalue weighted by molar-refractivity contribution is -0.161. The lowest BCUT2D eigenvalue weighted by Gasteiger charge is -2.20. The maximum Gasteiger partial charge on any atom is 0.472 e. The molecule has 0 aromatic rings. The summed E-state index contributed by atoms with van der Waals surface area (Å²) in [6.07, 6.45) is 34.7. The summed E-state index contributed by atoms with van der Waals surface area (Å²) in [6, 6.07) is 0. The molecule has 0 aromatic carbocycles. The minimum Gasteiger partial charge on any atom is -0.462 e. The average molecular weight is 863 g/mol. The summed E-state index contributed by atoms with van der Waals surface area (Å²) >= 11 is 0. The van der Waals surface area contributed by atoms with Crippen molar-refractivity contribution in [2.24, 2.45) is 0 Å². The molecule has 0 aliphatic heterocycles. The molecule has 58 heavy (non-hydrogen) atoms. The van der Waals surface area contributed by atoms with Crippen molar-refractivity contribution >= 4 is 33.4 Å². The number of esters is 2. The SMILES string of the molecule is CCCCC/C=C\C=C\C(=O)CCCCCCCC(=O)O[C@H](COC(=O)CCCC/C=C\C/C=C\C/C=C\CCCCC)COP(=O)(O)OC[C@@H](O)COP(=O)(O)O. The first-order valence-corrected chi connectivity index (χ1v) is 24.0. The molecule has 0 bridgehead atoms. The molecule has 0 saturated heterocycles. The maximum absolute atomic E-state index is 12.6. The summed E-state index contributed by atoms with van der Waals surface area (Å²) in [5.74, 6) is -1.10. The van der Waals surface area contributed by atoms with E-state index >= 15 is 0 Å². The van der Waals surface area contributed by atoms with Crippen LogP contribution in [0.25, 0.3) is 0 Å². The van der Waals surface area contributed by atoms with Gasteiger partial charge in [-0.15, -0.1) is 0 Å². The topological polar surface area (TPSA) is 212 Å². The zero-order valence-electron chi connectivity index (χ0n) is 34.9. The van der Waals surface area contributed by atoms with Crippen LogP contribution >= 0.6 is 15.6 Å². The lowest BCUT2D eigenvalue weighted by atomic mass is 10.1. The number of allylic oxidation sites excluding steroid dienone is 10. The first kappa shape index (κ1) is 55.5. The van der Waals surface area contributed by atoms with Crippen molar-refractivity contribution in [2.75, 3.05) is 26.4 Å². The van der Waals surface area contributed by atoms with Crippen LogP contribution in [0.5, 0.6) is 0 Å². The number of unbranched alkanes of at least 4 members (excludes halogenated alkanes) is 12. The number of aliphatic hydroxyl groups excluding tert-OH is 1. The van der Waals surface area contributed by atoms with Crippen LogP contribution in [0, 0.1) is 0 Å². The maximum atomic E-state index is 12.6. The van der Waals surface area contributed by atoms with Gasteiger partial charge in [0.05, 0.1) is 19.8 Å². The van der Waals surface area contributed by atoms with E-state index in [0.29, 0.717) is 25.7 Å². The molecule has 14 nitrogen and oxygen atoms in total. The molecule has 0 spiro atoms. The Bertz CT molecular complexity index is 1320. The highest BCUT2D eigenvalue weighted by Crippen LogP contribution is 2.43. The van der Waals surface area contributed by atoms with Gasteiger partial charge in [-0.25, -0.2) is 9.13 Å². The van der Waals surface area contributed by atoms with Crippen LogP contribution in [0.4, 0.5) is 0 Å². The summed E-state index contributed by atoms with van der Waals surface area (Å²) in [6.45, 7) is 1.48.